The van der Waals surface area contributed by atoms with E-state index in [-0.39, 0.29) is 6.10 Å². The van der Waals surface area contributed by atoms with Crippen LogP contribution in [0.2, 0.25) is 0 Å². The molecular formula is C18H26N2O2. The van der Waals surface area contributed by atoms with E-state index in [0.29, 0.717) is 11.7 Å². The molecular weight excluding hydrogens is 276 g/mol. The molecule has 4 nitrogen and oxygen atoms in total. The van der Waals surface area contributed by atoms with Gasteiger partial charge in [-0.3, -0.25) is 0 Å². The number of aromatic nitrogens is 2. The Balaban J connectivity index is 1.57. The molecule has 0 unspecified atom stereocenters. The minimum atomic E-state index is 0.283. The summed E-state index contributed by atoms with van der Waals surface area (Å²) in [5, 5.41) is 0.974. The van der Waals surface area contributed by atoms with E-state index in [0.717, 1.165) is 30.4 Å². The van der Waals surface area contributed by atoms with Gasteiger partial charge in [-0.25, -0.2) is 4.98 Å². The molecule has 2 aromatic heterocycles. The first-order chi connectivity index (χ1) is 10.8. The number of nitrogens with zero attached hydrogens (tertiary/aromatic N) is 2. The smallest absolute Gasteiger partial charge is 0.320 e. The summed E-state index contributed by atoms with van der Waals surface area (Å²) in [6.45, 7) is 2.24. The molecule has 1 aliphatic carbocycles. The van der Waals surface area contributed by atoms with Gasteiger partial charge in [-0.2, -0.15) is 4.98 Å². The van der Waals surface area contributed by atoms with E-state index in [9.17, 15) is 0 Å². The van der Waals surface area contributed by atoms with E-state index in [1.807, 2.05) is 6.20 Å². The van der Waals surface area contributed by atoms with Crippen molar-refractivity contribution < 1.29 is 9.15 Å². The van der Waals surface area contributed by atoms with Crippen molar-refractivity contribution >= 4 is 11.1 Å². The monoisotopic (exact) mass is 302 g/mol. The Hall–Kier alpha value is -1.58. The molecule has 2 aromatic rings. The molecule has 0 spiro atoms. The summed E-state index contributed by atoms with van der Waals surface area (Å²) in [6.07, 6.45) is 14.2. The second kappa shape index (κ2) is 7.61. The lowest BCUT2D eigenvalue weighted by molar-refractivity contribution is 0.192. The molecule has 4 heteroatoms. The molecule has 0 N–H and O–H groups in total. The topological polar surface area (TPSA) is 48.2 Å². The Labute approximate surface area is 132 Å². The van der Waals surface area contributed by atoms with E-state index < -0.39 is 0 Å². The van der Waals surface area contributed by atoms with Crippen molar-refractivity contribution in [2.75, 3.05) is 0 Å². The number of rotatable bonds is 8. The van der Waals surface area contributed by atoms with Crippen LogP contribution in [0.3, 0.4) is 0 Å². The lowest BCUT2D eigenvalue weighted by Crippen LogP contribution is -2.12. The summed E-state index contributed by atoms with van der Waals surface area (Å²) in [5.74, 6) is 1.01. The minimum absolute atomic E-state index is 0.283. The van der Waals surface area contributed by atoms with Crippen molar-refractivity contribution in [3.8, 4) is 6.01 Å². The second-order valence-corrected chi connectivity index (χ2v) is 6.31. The molecule has 0 atom stereocenters. The first-order valence-corrected chi connectivity index (χ1v) is 8.77. The molecule has 1 aliphatic rings. The van der Waals surface area contributed by atoms with Crippen molar-refractivity contribution in [3.05, 3.63) is 18.0 Å². The van der Waals surface area contributed by atoms with E-state index in [1.165, 1.54) is 44.9 Å². The van der Waals surface area contributed by atoms with Crippen LogP contribution < -0.4 is 4.74 Å². The predicted molar refractivity (Wildman–Crippen MR) is 87.2 cm³/mol. The van der Waals surface area contributed by atoms with Crippen molar-refractivity contribution in [2.24, 2.45) is 0 Å². The molecule has 0 bridgehead atoms. The Morgan fingerprint density at radius 1 is 1.18 bits per heavy atom. The minimum Gasteiger partial charge on any atom is -0.460 e. The highest BCUT2D eigenvalue weighted by Gasteiger charge is 2.18. The van der Waals surface area contributed by atoms with Gasteiger partial charge in [-0.15, -0.1) is 0 Å². The van der Waals surface area contributed by atoms with Gasteiger partial charge in [0.1, 0.15) is 11.9 Å². The third-order valence-electron chi connectivity index (χ3n) is 4.40. The van der Waals surface area contributed by atoms with Crippen molar-refractivity contribution in [1.82, 2.24) is 9.97 Å². The fraction of sp³-hybridized carbons (Fsp3) is 0.667. The summed E-state index contributed by atoms with van der Waals surface area (Å²) >= 11 is 0. The summed E-state index contributed by atoms with van der Waals surface area (Å²) in [7, 11) is 0. The third kappa shape index (κ3) is 3.99. The summed E-state index contributed by atoms with van der Waals surface area (Å²) in [5.41, 5.74) is 0.659. The lowest BCUT2D eigenvalue weighted by atomic mass is 10.1. The fourth-order valence-corrected chi connectivity index (χ4v) is 3.11. The van der Waals surface area contributed by atoms with Gasteiger partial charge in [0.25, 0.3) is 0 Å². The molecule has 0 radical (unpaired) electrons. The van der Waals surface area contributed by atoms with Gasteiger partial charge in [-0.1, -0.05) is 32.6 Å². The number of furan rings is 1. The average Bonchev–Trinajstić information content (AvgIpc) is 3.16. The van der Waals surface area contributed by atoms with Gasteiger partial charge in [0.15, 0.2) is 0 Å². The molecule has 1 saturated carbocycles. The van der Waals surface area contributed by atoms with Gasteiger partial charge in [0.2, 0.25) is 5.71 Å². The number of hydrogen-bond donors (Lipinski definition) is 0. The quantitative estimate of drug-likeness (QED) is 0.640. The zero-order chi connectivity index (χ0) is 15.2. The van der Waals surface area contributed by atoms with E-state index in [4.69, 9.17) is 9.15 Å². The number of unbranched alkanes of at least 4 members (excludes halogenated alkanes) is 4. The van der Waals surface area contributed by atoms with Gasteiger partial charge in [-0.05, 0) is 38.2 Å². The molecule has 3 rings (SSSR count). The van der Waals surface area contributed by atoms with Crippen LogP contribution in [0.15, 0.2) is 16.7 Å². The molecule has 0 amide bonds. The van der Waals surface area contributed by atoms with Crippen molar-refractivity contribution in [3.63, 3.8) is 0 Å². The van der Waals surface area contributed by atoms with Crippen molar-refractivity contribution in [1.29, 1.82) is 0 Å². The van der Waals surface area contributed by atoms with Crippen LogP contribution >= 0.6 is 0 Å². The lowest BCUT2D eigenvalue weighted by Gasteiger charge is -2.09. The van der Waals surface area contributed by atoms with E-state index in [1.54, 1.807) is 0 Å². The normalized spacial score (nSPS) is 15.7. The summed E-state index contributed by atoms with van der Waals surface area (Å²) in [4.78, 5) is 8.73. The summed E-state index contributed by atoms with van der Waals surface area (Å²) < 4.78 is 11.7. The predicted octanol–water partition coefficient (Wildman–Crippen LogP) is 5.06. The Morgan fingerprint density at radius 2 is 2.00 bits per heavy atom. The number of ether oxygens (including phenoxy) is 1. The first kappa shape index (κ1) is 15.3. The van der Waals surface area contributed by atoms with Crippen LogP contribution in [0, 0.1) is 0 Å². The molecule has 1 fully saturated rings. The maximum absolute atomic E-state index is 5.85. The second-order valence-electron chi connectivity index (χ2n) is 6.31. The number of aryl methyl sites for hydroxylation is 1. The van der Waals surface area contributed by atoms with Crippen LogP contribution in [0.5, 0.6) is 6.01 Å². The molecule has 22 heavy (non-hydrogen) atoms. The van der Waals surface area contributed by atoms with Crippen LogP contribution in [-0.2, 0) is 6.42 Å². The largest absolute Gasteiger partial charge is 0.460 e. The van der Waals surface area contributed by atoms with Gasteiger partial charge >= 0.3 is 6.01 Å². The highest BCUT2D eigenvalue weighted by Crippen LogP contribution is 2.24. The third-order valence-corrected chi connectivity index (χ3v) is 4.40. The Bertz CT molecular complexity index is 588. The number of fused-ring (bicyclic) bond motifs is 1. The Morgan fingerprint density at radius 3 is 2.82 bits per heavy atom. The van der Waals surface area contributed by atoms with Crippen LogP contribution in [0.25, 0.3) is 11.1 Å². The maximum Gasteiger partial charge on any atom is 0.320 e. The zero-order valence-corrected chi connectivity index (χ0v) is 13.5. The SMILES string of the molecule is CCCCCCCc1cc2cnc(OC3CCCC3)nc2o1. The van der Waals surface area contributed by atoms with Crippen LogP contribution in [0.1, 0.15) is 70.5 Å². The molecule has 0 aliphatic heterocycles. The Kier molecular flexibility index (Phi) is 5.30. The fourth-order valence-electron chi connectivity index (χ4n) is 3.11. The average molecular weight is 302 g/mol. The van der Waals surface area contributed by atoms with Crippen LogP contribution in [-0.4, -0.2) is 16.1 Å². The summed E-state index contributed by atoms with van der Waals surface area (Å²) in [6, 6.07) is 2.53. The molecule has 2 heterocycles. The van der Waals surface area contributed by atoms with Gasteiger partial charge in [0, 0.05) is 12.6 Å². The standard InChI is InChI=1S/C18H26N2O2/c1-2-3-4-5-6-11-16-12-14-13-19-18(20-17(14)21-16)22-15-9-7-8-10-15/h12-13,15H,2-11H2,1H3. The zero-order valence-electron chi connectivity index (χ0n) is 13.5. The molecule has 0 saturated heterocycles. The van der Waals surface area contributed by atoms with Crippen LogP contribution in [0.4, 0.5) is 0 Å². The number of hydrogen-bond acceptors (Lipinski definition) is 4. The first-order valence-electron chi connectivity index (χ1n) is 8.77. The van der Waals surface area contributed by atoms with Gasteiger partial charge < -0.3 is 9.15 Å². The maximum atomic E-state index is 5.85. The molecule has 120 valence electrons. The highest BCUT2D eigenvalue weighted by molar-refractivity contribution is 5.73. The van der Waals surface area contributed by atoms with E-state index >= 15 is 0 Å². The van der Waals surface area contributed by atoms with Crippen molar-refractivity contribution in [2.45, 2.75) is 77.2 Å². The van der Waals surface area contributed by atoms with Gasteiger partial charge in [0.05, 0.1) is 5.39 Å². The van der Waals surface area contributed by atoms with E-state index in [2.05, 4.69) is 23.0 Å². The highest BCUT2D eigenvalue weighted by atomic mass is 16.5. The molecule has 0 aromatic carbocycles.